The summed E-state index contributed by atoms with van der Waals surface area (Å²) in [6, 6.07) is 2.80. The third-order valence-corrected chi connectivity index (χ3v) is 9.11. The molecule has 7 nitrogen and oxygen atoms in total. The van der Waals surface area contributed by atoms with Crippen molar-refractivity contribution in [3.8, 4) is 0 Å². The van der Waals surface area contributed by atoms with Gasteiger partial charge in [-0.1, -0.05) is 6.92 Å². The molecule has 0 aromatic carbocycles. The van der Waals surface area contributed by atoms with Crippen LogP contribution in [0.3, 0.4) is 0 Å². The topological polar surface area (TPSA) is 76.5 Å². The molecule has 2 aromatic heterocycles. The molecule has 0 bridgehead atoms. The number of fused-ring (bicyclic) bond motifs is 2. The zero-order chi connectivity index (χ0) is 21.4. The van der Waals surface area contributed by atoms with E-state index in [-0.39, 0.29) is 11.4 Å². The highest BCUT2D eigenvalue weighted by Gasteiger charge is 2.44. The van der Waals surface area contributed by atoms with Gasteiger partial charge in [0, 0.05) is 47.1 Å². The number of likely N-dealkylation sites (tertiary alicyclic amines) is 1. The molecule has 30 heavy (non-hydrogen) atoms. The number of aromatic nitrogens is 2. The summed E-state index contributed by atoms with van der Waals surface area (Å²) in [4.78, 5) is 5.48. The molecule has 1 fully saturated rings. The van der Waals surface area contributed by atoms with Crippen LogP contribution in [0.15, 0.2) is 18.5 Å². The monoisotopic (exact) mass is 452 g/mol. The lowest BCUT2D eigenvalue weighted by Gasteiger charge is -2.47. The van der Waals surface area contributed by atoms with Gasteiger partial charge < -0.3 is 4.74 Å². The van der Waals surface area contributed by atoms with Gasteiger partial charge in [0.2, 0.25) is 10.0 Å². The number of hydrogen-bond acceptors (Lipinski definition) is 6. The molecule has 1 spiro atoms. The Labute approximate surface area is 183 Å². The third-order valence-electron chi connectivity index (χ3n) is 6.43. The van der Waals surface area contributed by atoms with Crippen LogP contribution in [-0.4, -0.2) is 55.1 Å². The zero-order valence-corrected chi connectivity index (χ0v) is 19.7. The molecule has 9 heteroatoms. The minimum Gasteiger partial charge on any atom is -0.370 e. The largest absolute Gasteiger partial charge is 0.370 e. The number of nitrogens with one attached hydrogen (secondary N) is 1. The highest BCUT2D eigenvalue weighted by Crippen LogP contribution is 2.46. The third kappa shape index (κ3) is 4.50. The number of nitrogens with zero attached hydrogens (tertiary/aromatic N) is 3. The first-order chi connectivity index (χ1) is 14.3. The van der Waals surface area contributed by atoms with E-state index in [1.165, 1.54) is 22.4 Å². The summed E-state index contributed by atoms with van der Waals surface area (Å²) >= 11 is 1.97. The fourth-order valence-electron chi connectivity index (χ4n) is 4.67. The minimum absolute atomic E-state index is 0.0350. The van der Waals surface area contributed by atoms with Gasteiger partial charge in [-0.3, -0.25) is 9.58 Å². The maximum atomic E-state index is 11.6. The lowest BCUT2D eigenvalue weighted by Crippen LogP contribution is -2.50. The van der Waals surface area contributed by atoms with Gasteiger partial charge in [-0.2, -0.15) is 5.10 Å². The number of sulfonamides is 1. The molecular formula is C21H32N4O3S2. The van der Waals surface area contributed by atoms with Crippen LogP contribution in [-0.2, 0) is 46.3 Å². The summed E-state index contributed by atoms with van der Waals surface area (Å²) in [6.45, 7) is 7.51. The number of hydrogen-bond donors (Lipinski definition) is 1. The first kappa shape index (κ1) is 22.0. The van der Waals surface area contributed by atoms with E-state index in [1.807, 2.05) is 23.7 Å². The van der Waals surface area contributed by atoms with Crippen LogP contribution >= 0.6 is 11.3 Å². The van der Waals surface area contributed by atoms with Crippen LogP contribution in [0.2, 0.25) is 0 Å². The van der Waals surface area contributed by atoms with Gasteiger partial charge in [0.1, 0.15) is 0 Å². The molecule has 1 saturated heterocycles. The quantitative estimate of drug-likeness (QED) is 0.699. The van der Waals surface area contributed by atoms with Gasteiger partial charge in [-0.15, -0.1) is 11.3 Å². The summed E-state index contributed by atoms with van der Waals surface area (Å²) in [5, 5.41) is 4.34. The van der Waals surface area contributed by atoms with Crippen molar-refractivity contribution >= 4 is 21.4 Å². The first-order valence-corrected chi connectivity index (χ1v) is 13.2. The van der Waals surface area contributed by atoms with Gasteiger partial charge in [0.15, 0.2) is 0 Å². The van der Waals surface area contributed by atoms with Crippen LogP contribution < -0.4 is 4.72 Å². The van der Waals surface area contributed by atoms with E-state index in [2.05, 4.69) is 34.6 Å². The maximum absolute atomic E-state index is 11.6. The molecule has 0 unspecified atom stereocenters. The van der Waals surface area contributed by atoms with Crippen LogP contribution in [0.1, 0.15) is 47.6 Å². The maximum Gasteiger partial charge on any atom is 0.213 e. The van der Waals surface area contributed by atoms with Crippen molar-refractivity contribution < 1.29 is 13.2 Å². The van der Waals surface area contributed by atoms with Crippen LogP contribution in [0.25, 0.3) is 0 Å². The van der Waals surface area contributed by atoms with Crippen molar-refractivity contribution in [2.24, 2.45) is 0 Å². The Kier molecular flexibility index (Phi) is 6.37. The number of piperidine rings is 1. The van der Waals surface area contributed by atoms with Crippen LogP contribution in [0, 0.1) is 0 Å². The normalized spacial score (nSPS) is 25.0. The Morgan fingerprint density at radius 1 is 1.43 bits per heavy atom. The van der Waals surface area contributed by atoms with E-state index in [0.29, 0.717) is 12.6 Å². The van der Waals surface area contributed by atoms with E-state index in [4.69, 9.17) is 4.74 Å². The molecule has 166 valence electrons. The van der Waals surface area contributed by atoms with Gasteiger partial charge in [-0.25, -0.2) is 13.1 Å². The SMILES string of the molecule is CCc1cc2c(s1)CCO[C@@]21CCN(Cc2cnn(CCS(=O)(=O)NC)c2)[C@@H](C)C1. The predicted octanol–water partition coefficient (Wildman–Crippen LogP) is 2.51. The fraction of sp³-hybridized carbons (Fsp3) is 0.667. The van der Waals surface area contributed by atoms with Crippen molar-refractivity contribution in [1.29, 1.82) is 0 Å². The van der Waals surface area contributed by atoms with Gasteiger partial charge in [0.05, 0.1) is 30.7 Å². The molecule has 0 amide bonds. The van der Waals surface area contributed by atoms with Crippen molar-refractivity contribution in [3.63, 3.8) is 0 Å². The Morgan fingerprint density at radius 3 is 3.00 bits per heavy atom. The smallest absolute Gasteiger partial charge is 0.213 e. The second-order valence-corrected chi connectivity index (χ2v) is 11.7. The molecule has 2 aromatic rings. The van der Waals surface area contributed by atoms with Crippen molar-refractivity contribution in [2.45, 2.75) is 64.3 Å². The highest BCUT2D eigenvalue weighted by molar-refractivity contribution is 7.89. The summed E-state index contributed by atoms with van der Waals surface area (Å²) in [5.41, 5.74) is 2.44. The number of rotatable bonds is 7. The zero-order valence-electron chi connectivity index (χ0n) is 18.1. The van der Waals surface area contributed by atoms with E-state index < -0.39 is 10.0 Å². The first-order valence-electron chi connectivity index (χ1n) is 10.8. The average molecular weight is 453 g/mol. The van der Waals surface area contributed by atoms with Gasteiger partial charge in [0.25, 0.3) is 0 Å². The average Bonchev–Trinajstić information content (AvgIpc) is 3.36. The van der Waals surface area contributed by atoms with Crippen LogP contribution in [0.5, 0.6) is 0 Å². The van der Waals surface area contributed by atoms with Crippen molar-refractivity contribution in [3.05, 3.63) is 39.3 Å². The Hall–Kier alpha value is -1.26. The molecule has 4 rings (SSSR count). The Bertz CT molecular complexity index is 984. The van der Waals surface area contributed by atoms with E-state index in [0.717, 1.165) is 50.9 Å². The minimum atomic E-state index is -3.22. The molecule has 0 saturated carbocycles. The standard InChI is InChI=1S/C21H32N4O3S2/c1-4-18-11-19-20(29-18)5-9-28-21(19)6-7-24(16(2)12-21)14-17-13-23-25(15-17)8-10-30(26,27)22-3/h11,13,15-16,22H,4-10,12,14H2,1-3H3/t16-,21+/m0/s1. The molecule has 2 aliphatic rings. The van der Waals surface area contributed by atoms with Gasteiger partial charge in [-0.05, 0) is 44.9 Å². The Balaban J connectivity index is 1.40. The molecule has 2 aliphatic heterocycles. The number of thiophene rings is 1. The second kappa shape index (κ2) is 8.70. The van der Waals surface area contributed by atoms with E-state index in [9.17, 15) is 8.42 Å². The van der Waals surface area contributed by atoms with Crippen molar-refractivity contribution in [1.82, 2.24) is 19.4 Å². The molecular weight excluding hydrogens is 420 g/mol. The molecule has 1 N–H and O–H groups in total. The molecule has 2 atom stereocenters. The number of aryl methyl sites for hydroxylation is 2. The summed E-state index contributed by atoms with van der Waals surface area (Å²) in [6.07, 6.45) is 7.97. The van der Waals surface area contributed by atoms with Crippen molar-refractivity contribution in [2.75, 3.05) is 26.0 Å². The van der Waals surface area contributed by atoms with Crippen LogP contribution in [0.4, 0.5) is 0 Å². The fourth-order valence-corrected chi connectivity index (χ4v) is 6.48. The summed E-state index contributed by atoms with van der Waals surface area (Å²) in [7, 11) is -1.78. The van der Waals surface area contributed by atoms with E-state index in [1.54, 1.807) is 4.68 Å². The summed E-state index contributed by atoms with van der Waals surface area (Å²) < 4.78 is 33.7. The number of ether oxygens (including phenoxy) is 1. The summed E-state index contributed by atoms with van der Waals surface area (Å²) in [5.74, 6) is 0.0350. The van der Waals surface area contributed by atoms with E-state index >= 15 is 0 Å². The molecule has 0 radical (unpaired) electrons. The predicted molar refractivity (Wildman–Crippen MR) is 119 cm³/mol. The second-order valence-electron chi connectivity index (χ2n) is 8.40. The Morgan fingerprint density at radius 2 is 2.27 bits per heavy atom. The van der Waals surface area contributed by atoms with Gasteiger partial charge >= 0.3 is 0 Å². The molecule has 0 aliphatic carbocycles. The lowest BCUT2D eigenvalue weighted by atomic mass is 9.79. The lowest BCUT2D eigenvalue weighted by molar-refractivity contribution is -0.112. The molecule has 4 heterocycles. The highest BCUT2D eigenvalue weighted by atomic mass is 32.2.